The van der Waals surface area contributed by atoms with Crippen LogP contribution in [0.1, 0.15) is 27.2 Å². The van der Waals surface area contributed by atoms with Crippen LogP contribution in [0.15, 0.2) is 0 Å². The fourth-order valence-corrected chi connectivity index (χ4v) is 6.76. The lowest BCUT2D eigenvalue weighted by atomic mass is 10.4. The van der Waals surface area contributed by atoms with Crippen LogP contribution in [-0.4, -0.2) is 63.1 Å². The molecule has 1 aliphatic rings. The van der Waals surface area contributed by atoms with Gasteiger partial charge in [0.25, 0.3) is 0 Å². The highest BCUT2D eigenvalue weighted by Gasteiger charge is 2.41. The quantitative estimate of drug-likeness (QED) is 0.625. The Bertz CT molecular complexity index is 551. The number of sulfonamides is 1. The number of esters is 1. The maximum Gasteiger partial charge on any atom is 0.321 e. The summed E-state index contributed by atoms with van der Waals surface area (Å²) in [5.74, 6) is -1.13. The minimum atomic E-state index is -3.83. The molecule has 0 radical (unpaired) electrons. The van der Waals surface area contributed by atoms with Gasteiger partial charge in [-0.3, -0.25) is 4.79 Å². The third kappa shape index (κ3) is 4.16. The van der Waals surface area contributed by atoms with E-state index in [9.17, 15) is 21.6 Å². The van der Waals surface area contributed by atoms with E-state index in [4.69, 9.17) is 4.74 Å². The van der Waals surface area contributed by atoms with E-state index in [0.717, 1.165) is 4.31 Å². The number of rotatable bonds is 6. The van der Waals surface area contributed by atoms with Crippen LogP contribution in [0, 0.1) is 0 Å². The van der Waals surface area contributed by atoms with Crippen LogP contribution >= 0.6 is 0 Å². The average Bonchev–Trinajstić information content (AvgIpc) is 2.67. The summed E-state index contributed by atoms with van der Waals surface area (Å²) in [6.07, 6.45) is 0.0801. The van der Waals surface area contributed by atoms with E-state index in [0.29, 0.717) is 0 Å². The molecular weight excluding hydrogens is 306 g/mol. The van der Waals surface area contributed by atoms with Gasteiger partial charge in [0, 0.05) is 6.04 Å². The SMILES string of the molecule is CCOC(=O)CN(C(C)C)S(=O)(=O)C1CCS(=O)(=O)C1. The Kier molecular flexibility index (Phi) is 5.56. The normalized spacial score (nSPS) is 22.4. The van der Waals surface area contributed by atoms with E-state index >= 15 is 0 Å². The average molecular weight is 327 g/mol. The highest BCUT2D eigenvalue weighted by molar-refractivity contribution is 7.95. The lowest BCUT2D eigenvalue weighted by Crippen LogP contribution is -2.46. The fraction of sp³-hybridized carbons (Fsp3) is 0.909. The summed E-state index contributed by atoms with van der Waals surface area (Å²) >= 11 is 0. The molecule has 9 heteroatoms. The molecule has 20 heavy (non-hydrogen) atoms. The van der Waals surface area contributed by atoms with Crippen molar-refractivity contribution in [2.75, 3.05) is 24.7 Å². The molecular formula is C11H21NO6S2. The lowest BCUT2D eigenvalue weighted by Gasteiger charge is -2.27. The van der Waals surface area contributed by atoms with Crippen molar-refractivity contribution in [2.24, 2.45) is 0 Å². The van der Waals surface area contributed by atoms with Gasteiger partial charge in [0.2, 0.25) is 10.0 Å². The van der Waals surface area contributed by atoms with Gasteiger partial charge in [0.1, 0.15) is 6.54 Å². The van der Waals surface area contributed by atoms with Crippen LogP contribution in [-0.2, 0) is 29.4 Å². The molecule has 0 aromatic carbocycles. The van der Waals surface area contributed by atoms with E-state index in [2.05, 4.69) is 0 Å². The zero-order valence-corrected chi connectivity index (χ0v) is 13.5. The number of carbonyl (C=O) groups is 1. The van der Waals surface area contributed by atoms with E-state index in [1.807, 2.05) is 0 Å². The van der Waals surface area contributed by atoms with Gasteiger partial charge in [-0.15, -0.1) is 0 Å². The lowest BCUT2D eigenvalue weighted by molar-refractivity contribution is -0.143. The predicted molar refractivity (Wildman–Crippen MR) is 74.5 cm³/mol. The van der Waals surface area contributed by atoms with Gasteiger partial charge in [-0.05, 0) is 27.2 Å². The first-order valence-electron chi connectivity index (χ1n) is 6.47. The van der Waals surface area contributed by atoms with Gasteiger partial charge < -0.3 is 4.74 Å². The first kappa shape index (κ1) is 17.4. The Labute approximate surface area is 120 Å². The summed E-state index contributed by atoms with van der Waals surface area (Å²) in [6.45, 7) is 4.70. The summed E-state index contributed by atoms with van der Waals surface area (Å²) < 4.78 is 53.6. The molecule has 0 aromatic heterocycles. The monoisotopic (exact) mass is 327 g/mol. The van der Waals surface area contributed by atoms with Crippen molar-refractivity contribution in [3.05, 3.63) is 0 Å². The van der Waals surface area contributed by atoms with Crippen molar-refractivity contribution < 1.29 is 26.4 Å². The Morgan fingerprint density at radius 2 is 2.00 bits per heavy atom. The number of carbonyl (C=O) groups excluding carboxylic acids is 1. The van der Waals surface area contributed by atoms with Crippen molar-refractivity contribution >= 4 is 25.8 Å². The minimum absolute atomic E-state index is 0.0801. The first-order chi connectivity index (χ1) is 9.10. The van der Waals surface area contributed by atoms with E-state index in [1.165, 1.54) is 0 Å². The second kappa shape index (κ2) is 6.40. The zero-order valence-electron chi connectivity index (χ0n) is 11.9. The van der Waals surface area contributed by atoms with E-state index < -0.39 is 37.1 Å². The van der Waals surface area contributed by atoms with Crippen molar-refractivity contribution in [2.45, 2.75) is 38.5 Å². The number of ether oxygens (including phenoxy) is 1. The molecule has 1 heterocycles. The Morgan fingerprint density at radius 1 is 1.40 bits per heavy atom. The number of sulfone groups is 1. The molecule has 0 amide bonds. The third-order valence-corrected chi connectivity index (χ3v) is 7.53. The number of hydrogen-bond donors (Lipinski definition) is 0. The highest BCUT2D eigenvalue weighted by Crippen LogP contribution is 2.23. The standard InChI is InChI=1S/C11H21NO6S2/c1-4-18-11(13)7-12(9(2)3)20(16,17)10-5-6-19(14,15)8-10/h9-10H,4-8H2,1-3H3. The molecule has 7 nitrogen and oxygen atoms in total. The smallest absolute Gasteiger partial charge is 0.321 e. The Morgan fingerprint density at radius 3 is 2.40 bits per heavy atom. The summed E-state index contributed by atoms with van der Waals surface area (Å²) in [4.78, 5) is 11.5. The van der Waals surface area contributed by atoms with Gasteiger partial charge >= 0.3 is 5.97 Å². The number of nitrogens with zero attached hydrogens (tertiary/aromatic N) is 1. The minimum Gasteiger partial charge on any atom is -0.465 e. The fourth-order valence-electron chi connectivity index (χ4n) is 2.09. The zero-order chi connectivity index (χ0) is 15.6. The van der Waals surface area contributed by atoms with Crippen molar-refractivity contribution in [1.82, 2.24) is 4.31 Å². The van der Waals surface area contributed by atoms with Crippen molar-refractivity contribution in [3.8, 4) is 0 Å². The summed E-state index contributed by atoms with van der Waals surface area (Å²) in [5.41, 5.74) is 0. The Balaban J connectivity index is 2.93. The van der Waals surface area contributed by atoms with Gasteiger partial charge in [0.15, 0.2) is 9.84 Å². The van der Waals surface area contributed by atoms with Crippen LogP contribution in [0.3, 0.4) is 0 Å². The number of hydrogen-bond acceptors (Lipinski definition) is 6. The van der Waals surface area contributed by atoms with Gasteiger partial charge in [-0.2, -0.15) is 4.31 Å². The van der Waals surface area contributed by atoms with Gasteiger partial charge in [-0.25, -0.2) is 16.8 Å². The second-order valence-corrected chi connectivity index (χ2v) is 9.41. The van der Waals surface area contributed by atoms with E-state index in [-0.39, 0.29) is 31.1 Å². The van der Waals surface area contributed by atoms with Crippen LogP contribution in [0.2, 0.25) is 0 Å². The largest absolute Gasteiger partial charge is 0.465 e. The van der Waals surface area contributed by atoms with E-state index in [1.54, 1.807) is 20.8 Å². The molecule has 0 spiro atoms. The summed E-state index contributed by atoms with van der Waals surface area (Å²) in [6, 6.07) is -0.437. The maximum atomic E-state index is 12.5. The molecule has 0 aliphatic carbocycles. The summed E-state index contributed by atoms with van der Waals surface area (Å²) in [5, 5.41) is -0.968. The third-order valence-electron chi connectivity index (χ3n) is 3.10. The van der Waals surface area contributed by atoms with Gasteiger partial charge in [0.05, 0.1) is 23.4 Å². The second-order valence-electron chi connectivity index (χ2n) is 5.01. The molecule has 0 aromatic rings. The van der Waals surface area contributed by atoms with Crippen LogP contribution in [0.4, 0.5) is 0 Å². The van der Waals surface area contributed by atoms with Crippen LogP contribution in [0.25, 0.3) is 0 Å². The first-order valence-corrected chi connectivity index (χ1v) is 9.79. The predicted octanol–water partition coefficient (Wildman–Crippen LogP) is -0.223. The molecule has 0 N–H and O–H groups in total. The molecule has 0 bridgehead atoms. The molecule has 1 unspecified atom stereocenters. The molecule has 0 saturated carbocycles. The van der Waals surface area contributed by atoms with Crippen LogP contribution in [0.5, 0.6) is 0 Å². The van der Waals surface area contributed by atoms with Crippen molar-refractivity contribution in [1.29, 1.82) is 0 Å². The molecule has 1 aliphatic heterocycles. The molecule has 1 saturated heterocycles. The summed E-state index contributed by atoms with van der Waals surface area (Å²) in [7, 11) is -7.13. The Hall–Kier alpha value is -0.670. The molecule has 1 atom stereocenters. The topological polar surface area (TPSA) is 97.8 Å². The molecule has 1 rings (SSSR count). The molecule has 1 fully saturated rings. The maximum absolute atomic E-state index is 12.5. The van der Waals surface area contributed by atoms with Crippen LogP contribution < -0.4 is 0 Å². The van der Waals surface area contributed by atoms with Crippen molar-refractivity contribution in [3.63, 3.8) is 0 Å². The highest BCUT2D eigenvalue weighted by atomic mass is 32.2. The van der Waals surface area contributed by atoms with Gasteiger partial charge in [-0.1, -0.05) is 0 Å². The molecule has 118 valence electrons.